The molecule has 4 rings (SSSR count). The number of benzene rings is 1. The van der Waals surface area contributed by atoms with Gasteiger partial charge >= 0.3 is 0 Å². The van der Waals surface area contributed by atoms with Crippen LogP contribution in [0.4, 0.5) is 9.52 Å². The minimum atomic E-state index is -0.224. The maximum atomic E-state index is 13.7. The minimum Gasteiger partial charge on any atom is -0.302 e. The van der Waals surface area contributed by atoms with Crippen LogP contribution >= 0.6 is 11.3 Å². The number of anilines is 1. The van der Waals surface area contributed by atoms with Gasteiger partial charge in [-0.15, -0.1) is 11.3 Å². The normalized spacial score (nSPS) is 21.1. The number of fused-ring (bicyclic) bond motifs is 1. The summed E-state index contributed by atoms with van der Waals surface area (Å²) in [6.07, 6.45) is 7.51. The van der Waals surface area contributed by atoms with Crippen molar-refractivity contribution in [2.75, 3.05) is 5.32 Å². The largest absolute Gasteiger partial charge is 0.302 e. The molecule has 1 amide bonds. The van der Waals surface area contributed by atoms with Crippen LogP contribution in [-0.2, 0) is 4.79 Å². The predicted octanol–water partition coefficient (Wildman–Crippen LogP) is 5.38. The van der Waals surface area contributed by atoms with Crippen LogP contribution in [0.2, 0.25) is 0 Å². The fourth-order valence-corrected chi connectivity index (χ4v) is 4.68. The molecular weight excluding hydrogens is 361 g/mol. The van der Waals surface area contributed by atoms with Crippen LogP contribution in [0.15, 0.2) is 42.0 Å². The summed E-state index contributed by atoms with van der Waals surface area (Å²) in [6, 6.07) is 6.81. The minimum absolute atomic E-state index is 0.0403. The number of thiazole rings is 1. The number of halogens is 1. The lowest BCUT2D eigenvalue weighted by molar-refractivity contribution is -0.121. The Morgan fingerprint density at radius 3 is 2.74 bits per heavy atom. The summed E-state index contributed by atoms with van der Waals surface area (Å²) in [4.78, 5) is 21.0. The first-order valence-electron chi connectivity index (χ1n) is 9.36. The molecule has 1 fully saturated rings. The third-order valence-electron chi connectivity index (χ3n) is 5.73. The Labute approximate surface area is 161 Å². The molecule has 0 spiro atoms. The molecule has 27 heavy (non-hydrogen) atoms. The molecule has 4 nitrogen and oxygen atoms in total. The highest BCUT2D eigenvalue weighted by Crippen LogP contribution is 2.41. The highest BCUT2D eigenvalue weighted by molar-refractivity contribution is 7.13. The first-order valence-corrected chi connectivity index (χ1v) is 10.2. The number of carbonyl (C=O) groups excluding carboxylic acids is 1. The third-order valence-corrected chi connectivity index (χ3v) is 6.42. The molecule has 0 radical (unpaired) electrons. The van der Waals surface area contributed by atoms with Crippen molar-refractivity contribution >= 4 is 33.3 Å². The molecule has 2 aromatic heterocycles. The predicted molar refractivity (Wildman–Crippen MR) is 106 cm³/mol. The van der Waals surface area contributed by atoms with Gasteiger partial charge in [-0.2, -0.15) is 0 Å². The van der Waals surface area contributed by atoms with Crippen molar-refractivity contribution in [3.05, 3.63) is 53.4 Å². The number of pyridine rings is 1. The van der Waals surface area contributed by atoms with E-state index in [1.165, 1.54) is 23.0 Å². The molecular formula is C21H22FN3OS. The Morgan fingerprint density at radius 2 is 2.00 bits per heavy atom. The van der Waals surface area contributed by atoms with Gasteiger partial charge < -0.3 is 5.32 Å². The number of nitrogens with zero attached hydrogens (tertiary/aromatic N) is 2. The van der Waals surface area contributed by atoms with Crippen molar-refractivity contribution in [1.29, 1.82) is 0 Å². The van der Waals surface area contributed by atoms with Crippen molar-refractivity contribution < 1.29 is 9.18 Å². The third kappa shape index (κ3) is 3.86. The fourth-order valence-electron chi connectivity index (χ4n) is 4.14. The molecule has 6 heteroatoms. The van der Waals surface area contributed by atoms with E-state index >= 15 is 0 Å². The van der Waals surface area contributed by atoms with Crippen LogP contribution in [0.3, 0.4) is 0 Å². The van der Waals surface area contributed by atoms with Crippen LogP contribution in [0.25, 0.3) is 10.9 Å². The van der Waals surface area contributed by atoms with Crippen LogP contribution in [0.5, 0.6) is 0 Å². The summed E-state index contributed by atoms with van der Waals surface area (Å²) in [5.41, 5.74) is 2.02. The molecule has 2 heterocycles. The lowest BCUT2D eigenvalue weighted by Crippen LogP contribution is -2.29. The van der Waals surface area contributed by atoms with E-state index in [9.17, 15) is 9.18 Å². The van der Waals surface area contributed by atoms with E-state index in [1.54, 1.807) is 18.3 Å². The Kier molecular flexibility index (Phi) is 5.16. The number of rotatable bonds is 4. The van der Waals surface area contributed by atoms with Crippen LogP contribution in [0, 0.1) is 17.7 Å². The molecule has 1 aliphatic rings. The lowest BCUT2D eigenvalue weighted by atomic mass is 9.73. The Bertz CT molecular complexity index is 936. The summed E-state index contributed by atoms with van der Waals surface area (Å²) in [6.45, 7) is 2.01. The second-order valence-electron chi connectivity index (χ2n) is 7.29. The van der Waals surface area contributed by atoms with Crippen molar-refractivity contribution in [2.45, 2.75) is 38.5 Å². The van der Waals surface area contributed by atoms with Crippen molar-refractivity contribution in [2.24, 2.45) is 11.8 Å². The van der Waals surface area contributed by atoms with Gasteiger partial charge in [-0.25, -0.2) is 9.37 Å². The van der Waals surface area contributed by atoms with Crippen molar-refractivity contribution in [3.63, 3.8) is 0 Å². The van der Waals surface area contributed by atoms with Gasteiger partial charge in [-0.1, -0.05) is 6.92 Å². The number of aromatic nitrogens is 2. The van der Waals surface area contributed by atoms with Gasteiger partial charge in [-0.05, 0) is 67.3 Å². The second kappa shape index (κ2) is 7.72. The molecule has 1 saturated carbocycles. The SMILES string of the molecule is C[C@@H](C(=O)Nc1nccs1)C1CCC(c2ccnc3ccc(F)cc23)CC1. The van der Waals surface area contributed by atoms with E-state index in [-0.39, 0.29) is 17.6 Å². The molecule has 1 aliphatic carbocycles. The zero-order valence-corrected chi connectivity index (χ0v) is 16.0. The van der Waals surface area contributed by atoms with Crippen molar-refractivity contribution in [3.8, 4) is 0 Å². The summed E-state index contributed by atoms with van der Waals surface area (Å²) in [5, 5.41) is 6.34. The number of hydrogen-bond acceptors (Lipinski definition) is 4. The Morgan fingerprint density at radius 1 is 1.19 bits per heavy atom. The zero-order chi connectivity index (χ0) is 18.8. The maximum absolute atomic E-state index is 13.7. The van der Waals surface area contributed by atoms with Gasteiger partial charge in [0, 0.05) is 29.1 Å². The zero-order valence-electron chi connectivity index (χ0n) is 15.2. The average molecular weight is 383 g/mol. The van der Waals surface area contributed by atoms with E-state index in [2.05, 4.69) is 15.3 Å². The smallest absolute Gasteiger partial charge is 0.229 e. The molecule has 0 bridgehead atoms. The average Bonchev–Trinajstić information content (AvgIpc) is 3.20. The summed E-state index contributed by atoms with van der Waals surface area (Å²) in [7, 11) is 0. The van der Waals surface area contributed by atoms with Gasteiger partial charge in [0.25, 0.3) is 0 Å². The van der Waals surface area contributed by atoms with Crippen LogP contribution in [-0.4, -0.2) is 15.9 Å². The van der Waals surface area contributed by atoms with Gasteiger partial charge in [0.2, 0.25) is 5.91 Å². The monoisotopic (exact) mass is 383 g/mol. The molecule has 0 saturated heterocycles. The lowest BCUT2D eigenvalue weighted by Gasteiger charge is -2.32. The Hall–Kier alpha value is -2.34. The number of hydrogen-bond donors (Lipinski definition) is 1. The molecule has 1 aromatic carbocycles. The van der Waals surface area contributed by atoms with Crippen LogP contribution < -0.4 is 5.32 Å². The highest BCUT2D eigenvalue weighted by atomic mass is 32.1. The molecule has 0 aliphatic heterocycles. The number of amides is 1. The second-order valence-corrected chi connectivity index (χ2v) is 8.18. The number of carbonyl (C=O) groups is 1. The maximum Gasteiger partial charge on any atom is 0.229 e. The molecule has 1 atom stereocenters. The number of nitrogens with one attached hydrogen (secondary N) is 1. The fraction of sp³-hybridized carbons (Fsp3) is 0.381. The van der Waals surface area contributed by atoms with Gasteiger partial charge in [0.05, 0.1) is 5.52 Å². The van der Waals surface area contributed by atoms with E-state index in [0.717, 1.165) is 36.6 Å². The molecule has 0 unspecified atom stereocenters. The first kappa shape index (κ1) is 18.0. The van der Waals surface area contributed by atoms with Gasteiger partial charge in [-0.3, -0.25) is 9.78 Å². The van der Waals surface area contributed by atoms with Gasteiger partial charge in [0.15, 0.2) is 5.13 Å². The van der Waals surface area contributed by atoms with E-state index in [0.29, 0.717) is 17.0 Å². The molecule has 1 N–H and O–H groups in total. The quantitative estimate of drug-likeness (QED) is 0.658. The standard InChI is InChI=1S/C21H22FN3OS/c1-13(20(26)25-21-24-10-11-27-21)14-2-4-15(5-3-14)17-8-9-23-19-7-6-16(22)12-18(17)19/h6-15H,2-5H2,1H3,(H,24,25,26)/t13-,14?,15?/m1/s1. The van der Waals surface area contributed by atoms with E-state index in [4.69, 9.17) is 0 Å². The first-order chi connectivity index (χ1) is 13.1. The van der Waals surface area contributed by atoms with Crippen molar-refractivity contribution in [1.82, 2.24) is 9.97 Å². The molecule has 3 aromatic rings. The molecule has 140 valence electrons. The Balaban J connectivity index is 1.43. The summed E-state index contributed by atoms with van der Waals surface area (Å²) in [5.74, 6) is 0.540. The topological polar surface area (TPSA) is 54.9 Å². The summed E-state index contributed by atoms with van der Waals surface area (Å²) < 4.78 is 13.7. The van der Waals surface area contributed by atoms with E-state index < -0.39 is 0 Å². The van der Waals surface area contributed by atoms with Gasteiger partial charge in [0.1, 0.15) is 5.82 Å². The van der Waals surface area contributed by atoms with E-state index in [1.807, 2.05) is 24.6 Å². The highest BCUT2D eigenvalue weighted by Gasteiger charge is 2.30. The van der Waals surface area contributed by atoms with Crippen LogP contribution in [0.1, 0.15) is 44.1 Å². The summed E-state index contributed by atoms with van der Waals surface area (Å²) >= 11 is 1.44.